The van der Waals surface area contributed by atoms with Crippen LogP contribution in [-0.4, -0.2) is 35.0 Å². The minimum Gasteiger partial charge on any atom is -0.439 e. The van der Waals surface area contributed by atoms with Crippen LogP contribution in [0.3, 0.4) is 0 Å². The predicted molar refractivity (Wildman–Crippen MR) is 113 cm³/mol. The molecule has 0 radical (unpaired) electrons. The van der Waals surface area contributed by atoms with E-state index in [4.69, 9.17) is 4.74 Å². The molecule has 1 amide bonds. The van der Waals surface area contributed by atoms with E-state index in [1.807, 2.05) is 47.8 Å². The fourth-order valence-electron chi connectivity index (χ4n) is 2.77. The van der Waals surface area contributed by atoms with E-state index in [-0.39, 0.29) is 13.1 Å². The van der Waals surface area contributed by atoms with E-state index in [0.29, 0.717) is 22.9 Å². The third kappa shape index (κ3) is 6.56. The Morgan fingerprint density at radius 3 is 2.45 bits per heavy atom. The maximum atomic E-state index is 12.2. The summed E-state index contributed by atoms with van der Waals surface area (Å²) in [6.07, 6.45) is -4.45. The molecule has 6 nitrogen and oxygen atoms in total. The van der Waals surface area contributed by atoms with Gasteiger partial charge in [0.25, 0.3) is 0 Å². The lowest BCUT2D eigenvalue weighted by Gasteiger charge is -2.12. The van der Waals surface area contributed by atoms with Gasteiger partial charge in [0.1, 0.15) is 12.3 Å². The summed E-state index contributed by atoms with van der Waals surface area (Å²) in [6, 6.07) is 16.7. The average Bonchev–Trinajstić information content (AvgIpc) is 3.04. The van der Waals surface area contributed by atoms with Gasteiger partial charge in [0, 0.05) is 11.0 Å². The molecule has 0 saturated heterocycles. The maximum Gasteiger partial charge on any atom is 0.405 e. The third-order valence-corrected chi connectivity index (χ3v) is 4.77. The maximum absolute atomic E-state index is 12.2. The molecule has 164 valence electrons. The molecule has 0 fully saturated rings. The van der Waals surface area contributed by atoms with Crippen molar-refractivity contribution in [1.29, 1.82) is 0 Å². The van der Waals surface area contributed by atoms with Crippen molar-refractivity contribution in [3.05, 3.63) is 70.3 Å². The summed E-state index contributed by atoms with van der Waals surface area (Å²) in [7, 11) is 0. The van der Waals surface area contributed by atoms with Crippen LogP contribution in [0.2, 0.25) is 0 Å². The topological polar surface area (TPSA) is 68.2 Å². The molecule has 1 heterocycles. The number of nitrogens with one attached hydrogen (secondary N) is 2. The Labute approximate surface area is 185 Å². The molecule has 0 bridgehead atoms. The van der Waals surface area contributed by atoms with Crippen LogP contribution in [0.1, 0.15) is 11.3 Å². The van der Waals surface area contributed by atoms with Crippen LogP contribution in [0.5, 0.6) is 11.6 Å². The summed E-state index contributed by atoms with van der Waals surface area (Å²) in [6.45, 7) is 0.346. The standard InChI is InChI=1S/C21H20BrF3N4O2/c1-14-18(11-26-12-19(30)27-13-21(23,24)25)20(31-17-9-7-15(22)8-10-17)29(28-14)16-5-3-2-4-6-16/h2-10,26H,11-13H2,1H3,(H,27,30). The van der Waals surface area contributed by atoms with Gasteiger partial charge in [0.15, 0.2) is 0 Å². The number of hydrogen-bond acceptors (Lipinski definition) is 4. The lowest BCUT2D eigenvalue weighted by Crippen LogP contribution is -2.39. The zero-order valence-electron chi connectivity index (χ0n) is 16.5. The van der Waals surface area contributed by atoms with Gasteiger partial charge >= 0.3 is 6.18 Å². The van der Waals surface area contributed by atoms with Crippen molar-refractivity contribution in [3.8, 4) is 17.3 Å². The van der Waals surface area contributed by atoms with Gasteiger partial charge in [0.2, 0.25) is 11.8 Å². The van der Waals surface area contributed by atoms with Crippen LogP contribution < -0.4 is 15.4 Å². The quantitative estimate of drug-likeness (QED) is 0.481. The summed E-state index contributed by atoms with van der Waals surface area (Å²) in [5.74, 6) is 0.291. The van der Waals surface area contributed by atoms with E-state index in [1.54, 1.807) is 23.7 Å². The van der Waals surface area contributed by atoms with Gasteiger partial charge in [-0.3, -0.25) is 4.79 Å². The molecule has 1 aromatic heterocycles. The molecule has 2 N–H and O–H groups in total. The fourth-order valence-corrected chi connectivity index (χ4v) is 3.03. The van der Waals surface area contributed by atoms with Gasteiger partial charge in [-0.1, -0.05) is 34.1 Å². The molecule has 0 atom stereocenters. The van der Waals surface area contributed by atoms with Crippen LogP contribution >= 0.6 is 15.9 Å². The molecule has 0 saturated carbocycles. The SMILES string of the molecule is Cc1nn(-c2ccccc2)c(Oc2ccc(Br)cc2)c1CNCC(=O)NCC(F)(F)F. The van der Waals surface area contributed by atoms with Crippen molar-refractivity contribution in [2.24, 2.45) is 0 Å². The van der Waals surface area contributed by atoms with E-state index in [2.05, 4.69) is 26.3 Å². The molecule has 3 rings (SSSR count). The number of para-hydroxylation sites is 1. The van der Waals surface area contributed by atoms with Gasteiger partial charge in [-0.25, -0.2) is 4.68 Å². The molecule has 0 unspecified atom stereocenters. The highest BCUT2D eigenvalue weighted by molar-refractivity contribution is 9.10. The van der Waals surface area contributed by atoms with Crippen LogP contribution in [0.15, 0.2) is 59.1 Å². The number of carbonyl (C=O) groups is 1. The minimum absolute atomic E-state index is 0.184. The number of amides is 1. The van der Waals surface area contributed by atoms with E-state index >= 15 is 0 Å². The smallest absolute Gasteiger partial charge is 0.405 e. The molecule has 0 aliphatic heterocycles. The monoisotopic (exact) mass is 496 g/mol. The number of benzene rings is 2. The Morgan fingerprint density at radius 1 is 1.13 bits per heavy atom. The van der Waals surface area contributed by atoms with E-state index in [1.165, 1.54) is 0 Å². The lowest BCUT2D eigenvalue weighted by atomic mass is 10.2. The zero-order chi connectivity index (χ0) is 22.4. The van der Waals surface area contributed by atoms with Gasteiger partial charge in [-0.2, -0.15) is 18.3 Å². The third-order valence-electron chi connectivity index (χ3n) is 4.24. The van der Waals surface area contributed by atoms with Crippen LogP contribution in [0.25, 0.3) is 5.69 Å². The Kier molecular flexibility index (Phi) is 7.34. The first-order valence-electron chi connectivity index (χ1n) is 9.34. The second-order valence-electron chi connectivity index (χ2n) is 6.67. The number of ether oxygens (including phenoxy) is 1. The fraction of sp³-hybridized carbons (Fsp3) is 0.238. The van der Waals surface area contributed by atoms with Crippen molar-refractivity contribution in [1.82, 2.24) is 20.4 Å². The normalized spacial score (nSPS) is 11.4. The van der Waals surface area contributed by atoms with Gasteiger partial charge in [0.05, 0.1) is 23.5 Å². The molecule has 0 aliphatic rings. The first kappa shape index (κ1) is 22.8. The number of carbonyl (C=O) groups excluding carboxylic acids is 1. The van der Waals surface area contributed by atoms with E-state index in [0.717, 1.165) is 10.2 Å². The molecular formula is C21H20BrF3N4O2. The van der Waals surface area contributed by atoms with E-state index < -0.39 is 18.6 Å². The van der Waals surface area contributed by atoms with Crippen molar-refractivity contribution in [2.75, 3.05) is 13.1 Å². The molecule has 31 heavy (non-hydrogen) atoms. The van der Waals surface area contributed by atoms with Gasteiger partial charge < -0.3 is 15.4 Å². The Morgan fingerprint density at radius 2 is 1.81 bits per heavy atom. The summed E-state index contributed by atoms with van der Waals surface area (Å²) < 4.78 is 45.4. The number of rotatable bonds is 8. The second-order valence-corrected chi connectivity index (χ2v) is 7.58. The van der Waals surface area contributed by atoms with Crippen molar-refractivity contribution in [3.63, 3.8) is 0 Å². The summed E-state index contributed by atoms with van der Waals surface area (Å²) >= 11 is 3.38. The van der Waals surface area contributed by atoms with Crippen LogP contribution in [0.4, 0.5) is 13.2 Å². The number of hydrogen-bond donors (Lipinski definition) is 2. The highest BCUT2D eigenvalue weighted by Gasteiger charge is 2.27. The lowest BCUT2D eigenvalue weighted by molar-refractivity contribution is -0.137. The van der Waals surface area contributed by atoms with Crippen molar-refractivity contribution in [2.45, 2.75) is 19.6 Å². The van der Waals surface area contributed by atoms with Crippen LogP contribution in [-0.2, 0) is 11.3 Å². The Bertz CT molecular complexity index is 1020. The molecule has 0 aliphatic carbocycles. The molecule has 2 aromatic carbocycles. The van der Waals surface area contributed by atoms with Crippen LogP contribution in [0, 0.1) is 6.92 Å². The van der Waals surface area contributed by atoms with Crippen molar-refractivity contribution >= 4 is 21.8 Å². The summed E-state index contributed by atoms with van der Waals surface area (Å²) in [5, 5.41) is 9.24. The summed E-state index contributed by atoms with van der Waals surface area (Å²) in [5.41, 5.74) is 2.14. The number of aromatic nitrogens is 2. The number of halogens is 4. The largest absolute Gasteiger partial charge is 0.439 e. The molecule has 0 spiro atoms. The van der Waals surface area contributed by atoms with E-state index in [9.17, 15) is 18.0 Å². The Balaban J connectivity index is 1.79. The highest BCUT2D eigenvalue weighted by Crippen LogP contribution is 2.31. The highest BCUT2D eigenvalue weighted by atomic mass is 79.9. The van der Waals surface area contributed by atoms with Gasteiger partial charge in [-0.05, 0) is 43.3 Å². The first-order chi connectivity index (χ1) is 14.7. The second kappa shape index (κ2) is 9.97. The Hall–Kier alpha value is -2.85. The molecule has 10 heteroatoms. The zero-order valence-corrected chi connectivity index (χ0v) is 18.1. The number of alkyl halides is 3. The predicted octanol–water partition coefficient (Wildman–Crippen LogP) is 4.50. The average molecular weight is 497 g/mol. The first-order valence-corrected chi connectivity index (χ1v) is 10.1. The summed E-state index contributed by atoms with van der Waals surface area (Å²) in [4.78, 5) is 11.7. The van der Waals surface area contributed by atoms with Crippen molar-refractivity contribution < 1.29 is 22.7 Å². The van der Waals surface area contributed by atoms with Gasteiger partial charge in [-0.15, -0.1) is 0 Å². The number of nitrogens with zero attached hydrogens (tertiary/aromatic N) is 2. The molecular weight excluding hydrogens is 477 g/mol. The minimum atomic E-state index is -4.45. The molecule has 3 aromatic rings. The number of aryl methyl sites for hydroxylation is 1.